The fraction of sp³-hybridized carbons (Fsp3) is 0. The third-order valence-electron chi connectivity index (χ3n) is 0.341. The van der Waals surface area contributed by atoms with Crippen LogP contribution in [-0.2, 0) is 4.79 Å². The van der Waals surface area contributed by atoms with Gasteiger partial charge in [-0.25, -0.2) is 4.79 Å². The second-order valence-corrected chi connectivity index (χ2v) is 1.01. The first-order valence-corrected chi connectivity index (χ1v) is 2.27. The molecule has 11 heavy (non-hydrogen) atoms. The van der Waals surface area contributed by atoms with Crippen molar-refractivity contribution in [2.24, 2.45) is 0 Å². The first-order chi connectivity index (χ1) is 4.18. The predicted molar refractivity (Wildman–Crippen MR) is 52.5 cm³/mol. The summed E-state index contributed by atoms with van der Waals surface area (Å²) in [5.41, 5.74) is 0. The number of rotatable bonds is 2. The van der Waals surface area contributed by atoms with Crippen LogP contribution in [0.15, 0.2) is 38.0 Å². The van der Waals surface area contributed by atoms with E-state index in [4.69, 9.17) is 5.11 Å². The van der Waals surface area contributed by atoms with Crippen molar-refractivity contribution in [3.8, 4) is 0 Å². The van der Waals surface area contributed by atoms with Gasteiger partial charge in [0.15, 0.2) is 0 Å². The van der Waals surface area contributed by atoms with Crippen LogP contribution in [-0.4, -0.2) is 70.2 Å². The van der Waals surface area contributed by atoms with E-state index < -0.39 is 5.97 Å². The van der Waals surface area contributed by atoms with Crippen LogP contribution in [0.3, 0.4) is 0 Å². The van der Waals surface area contributed by atoms with Crippen LogP contribution in [0.5, 0.6) is 0 Å². The third-order valence-corrected chi connectivity index (χ3v) is 0.341. The monoisotopic (exact) mass is 174 g/mol. The van der Waals surface area contributed by atoms with Gasteiger partial charge in [-0.15, -0.1) is 0 Å². The number of hydrogen-bond acceptors (Lipinski definition) is 1. The molecule has 0 aliphatic rings. The van der Waals surface area contributed by atoms with Crippen molar-refractivity contribution >= 4 is 65.1 Å². The van der Waals surface area contributed by atoms with Gasteiger partial charge >= 0.3 is 65.1 Å². The molecule has 0 unspecified atom stereocenters. The Morgan fingerprint density at radius 3 is 1.27 bits per heavy atom. The predicted octanol–water partition coefficient (Wildman–Crippen LogP) is 0.318. The van der Waals surface area contributed by atoms with E-state index in [1.807, 2.05) is 0 Å². The molecule has 0 saturated heterocycles. The molecule has 4 heteroatoms. The third kappa shape index (κ3) is 59.3. The Labute approximate surface area is 112 Å². The Balaban J connectivity index is -0.0000000383. The fourth-order valence-electron chi connectivity index (χ4n) is 0. The van der Waals surface area contributed by atoms with E-state index in [1.165, 1.54) is 0 Å². The summed E-state index contributed by atoms with van der Waals surface area (Å²) in [6.07, 6.45) is 4.11. The van der Waals surface area contributed by atoms with Gasteiger partial charge in [-0.3, -0.25) is 0 Å². The number of carbonyl (C=O) groups is 1. The topological polar surface area (TPSA) is 37.3 Å². The molecule has 0 saturated carbocycles. The van der Waals surface area contributed by atoms with Gasteiger partial charge in [-0.1, -0.05) is 31.9 Å². The average molecular weight is 174 g/mol. The van der Waals surface area contributed by atoms with E-state index in [0.29, 0.717) is 0 Å². The normalized spacial score (nSPS) is 4.73. The second-order valence-electron chi connectivity index (χ2n) is 1.01. The maximum atomic E-state index is 9.25. The zero-order valence-electron chi connectivity index (χ0n) is 5.21. The molecule has 2 nitrogen and oxygen atoms in total. The summed E-state index contributed by atoms with van der Waals surface area (Å²) in [7, 11) is 0. The fourth-order valence-corrected chi connectivity index (χ4v) is 0. The number of aliphatic carboxylic acids is 1. The average Bonchev–Trinajstić information content (AvgIpc) is 1.89. The minimum absolute atomic E-state index is 0. The number of carboxylic acids is 1. The van der Waals surface area contributed by atoms with Gasteiger partial charge in [0, 0.05) is 6.08 Å². The molecule has 0 radical (unpaired) electrons. The van der Waals surface area contributed by atoms with Gasteiger partial charge in [0.1, 0.15) is 0 Å². The summed E-state index contributed by atoms with van der Waals surface area (Å²) in [5.74, 6) is -0.981. The molecule has 0 bridgehead atoms. The van der Waals surface area contributed by atoms with E-state index in [1.54, 1.807) is 12.2 Å². The van der Waals surface area contributed by atoms with E-state index >= 15 is 0 Å². The number of hydrogen-bond donors (Lipinski definition) is 1. The van der Waals surface area contributed by atoms with Gasteiger partial charge in [0.05, 0.1) is 0 Å². The van der Waals surface area contributed by atoms with Gasteiger partial charge in [-0.2, -0.15) is 0 Å². The van der Waals surface area contributed by atoms with Gasteiger partial charge < -0.3 is 5.11 Å². The van der Waals surface area contributed by atoms with E-state index in [9.17, 15) is 4.79 Å². The molecule has 0 heterocycles. The standard InChI is InChI=1S/C4H6.C3H4O2.2Na.2H/c1-3-4-2;1-2-3(4)5;;;;/h3-4H,1-2H2;2H,1H2,(H,4,5);;;;. The molecule has 0 amide bonds. The molecule has 0 aromatic heterocycles. The summed E-state index contributed by atoms with van der Waals surface area (Å²) in [5, 5.41) is 7.60. The minimum atomic E-state index is -0.981. The van der Waals surface area contributed by atoms with E-state index in [-0.39, 0.29) is 59.1 Å². The number of allylic oxidation sites excluding steroid dienone is 2. The van der Waals surface area contributed by atoms with Crippen LogP contribution in [0.4, 0.5) is 0 Å². The molecular formula is C7H12Na2O2. The Kier molecular flexibility index (Phi) is 46.1. The van der Waals surface area contributed by atoms with Crippen molar-refractivity contribution < 1.29 is 9.90 Å². The van der Waals surface area contributed by atoms with Crippen molar-refractivity contribution in [3.63, 3.8) is 0 Å². The molecule has 0 aromatic carbocycles. The summed E-state index contributed by atoms with van der Waals surface area (Å²) in [6, 6.07) is 0. The van der Waals surface area contributed by atoms with Crippen LogP contribution in [0.1, 0.15) is 0 Å². The van der Waals surface area contributed by atoms with E-state index in [2.05, 4.69) is 19.7 Å². The Bertz CT molecular complexity index is 116. The molecule has 54 valence electrons. The van der Waals surface area contributed by atoms with Gasteiger partial charge in [0.25, 0.3) is 0 Å². The summed E-state index contributed by atoms with van der Waals surface area (Å²) < 4.78 is 0. The molecule has 0 fully saturated rings. The van der Waals surface area contributed by atoms with Crippen molar-refractivity contribution in [1.82, 2.24) is 0 Å². The molecule has 0 spiro atoms. The summed E-state index contributed by atoms with van der Waals surface area (Å²) in [4.78, 5) is 9.25. The van der Waals surface area contributed by atoms with Crippen LogP contribution in [0.2, 0.25) is 0 Å². The Morgan fingerprint density at radius 2 is 1.27 bits per heavy atom. The summed E-state index contributed by atoms with van der Waals surface area (Å²) >= 11 is 0. The van der Waals surface area contributed by atoms with Gasteiger partial charge in [0.2, 0.25) is 0 Å². The quantitative estimate of drug-likeness (QED) is 0.372. The van der Waals surface area contributed by atoms with Crippen LogP contribution < -0.4 is 0 Å². The zero-order chi connectivity index (χ0) is 7.70. The zero-order valence-corrected chi connectivity index (χ0v) is 5.21. The van der Waals surface area contributed by atoms with Gasteiger partial charge in [-0.05, 0) is 0 Å². The first kappa shape index (κ1) is 22.6. The molecule has 0 aliphatic carbocycles. The molecule has 0 atom stereocenters. The van der Waals surface area contributed by atoms with Crippen molar-refractivity contribution in [2.75, 3.05) is 0 Å². The van der Waals surface area contributed by atoms with Crippen molar-refractivity contribution in [3.05, 3.63) is 38.0 Å². The maximum absolute atomic E-state index is 9.25. The molecular weight excluding hydrogens is 162 g/mol. The molecule has 0 aliphatic heterocycles. The van der Waals surface area contributed by atoms with E-state index in [0.717, 1.165) is 6.08 Å². The summed E-state index contributed by atoms with van der Waals surface area (Å²) in [6.45, 7) is 9.68. The van der Waals surface area contributed by atoms with Crippen LogP contribution >= 0.6 is 0 Å². The van der Waals surface area contributed by atoms with Crippen LogP contribution in [0.25, 0.3) is 0 Å². The number of carboxylic acid groups (broad SMARTS) is 1. The van der Waals surface area contributed by atoms with Crippen LogP contribution in [0, 0.1) is 0 Å². The second kappa shape index (κ2) is 22.4. The Morgan fingerprint density at radius 1 is 1.09 bits per heavy atom. The molecule has 0 rings (SSSR count). The van der Waals surface area contributed by atoms with Crippen molar-refractivity contribution in [2.45, 2.75) is 0 Å². The SMILES string of the molecule is C=CC(=O)O.C=CC=C.[NaH].[NaH]. The van der Waals surface area contributed by atoms with Crippen molar-refractivity contribution in [1.29, 1.82) is 0 Å². The molecule has 1 N–H and O–H groups in total. The Hall–Kier alpha value is 0.690. The first-order valence-electron chi connectivity index (χ1n) is 2.27. The molecule has 0 aromatic rings.